The maximum atomic E-state index is 12.0. The van der Waals surface area contributed by atoms with Crippen LogP contribution in [0, 0.1) is 11.3 Å². The fraction of sp³-hybridized carbons (Fsp3) is 0.125. The average Bonchev–Trinajstić information content (AvgIpc) is 2.83. The van der Waals surface area contributed by atoms with Crippen molar-refractivity contribution in [2.45, 2.75) is 6.54 Å². The van der Waals surface area contributed by atoms with Crippen molar-refractivity contribution < 1.29 is 9.15 Å². The van der Waals surface area contributed by atoms with E-state index in [0.29, 0.717) is 22.4 Å². The average molecular weight is 280 g/mol. The molecule has 5 heteroatoms. The molecule has 0 atom stereocenters. The summed E-state index contributed by atoms with van der Waals surface area (Å²) in [6.45, 7) is 0.286. The van der Waals surface area contributed by atoms with E-state index in [0.717, 1.165) is 5.56 Å². The summed E-state index contributed by atoms with van der Waals surface area (Å²) >= 11 is 0. The third-order valence-corrected chi connectivity index (χ3v) is 3.31. The number of benzene rings is 2. The van der Waals surface area contributed by atoms with E-state index in [9.17, 15) is 4.79 Å². The fourth-order valence-electron chi connectivity index (χ4n) is 2.31. The Kier molecular flexibility index (Phi) is 3.20. The number of ether oxygens (including phenoxy) is 1. The molecule has 0 fully saturated rings. The molecule has 0 unspecified atom stereocenters. The monoisotopic (exact) mass is 280 g/mol. The zero-order valence-corrected chi connectivity index (χ0v) is 11.4. The van der Waals surface area contributed by atoms with Crippen LogP contribution >= 0.6 is 0 Å². The Labute approximate surface area is 120 Å². The number of hydrogen-bond acceptors (Lipinski definition) is 4. The van der Waals surface area contributed by atoms with Gasteiger partial charge in [0, 0.05) is 5.56 Å². The lowest BCUT2D eigenvalue weighted by Gasteiger charge is -2.09. The minimum absolute atomic E-state index is 0.286. The predicted octanol–water partition coefficient (Wildman–Crippen LogP) is 2.52. The fourth-order valence-corrected chi connectivity index (χ4v) is 2.31. The molecule has 5 nitrogen and oxygen atoms in total. The first kappa shape index (κ1) is 13.0. The van der Waals surface area contributed by atoms with Gasteiger partial charge in [0.15, 0.2) is 5.58 Å². The minimum Gasteiger partial charge on any atom is -0.496 e. The minimum atomic E-state index is -0.430. The Morgan fingerprint density at radius 2 is 2.10 bits per heavy atom. The van der Waals surface area contributed by atoms with Crippen molar-refractivity contribution in [3.05, 3.63) is 64.1 Å². The van der Waals surface area contributed by atoms with Gasteiger partial charge in [-0.05, 0) is 30.3 Å². The molecule has 1 heterocycles. The molecule has 0 amide bonds. The number of methoxy groups -OCH3 is 1. The van der Waals surface area contributed by atoms with Crippen LogP contribution < -0.4 is 10.5 Å². The number of rotatable bonds is 3. The topological polar surface area (TPSA) is 68.2 Å². The normalized spacial score (nSPS) is 10.5. The Balaban J connectivity index is 2.13. The Morgan fingerprint density at radius 1 is 1.29 bits per heavy atom. The first-order valence-electron chi connectivity index (χ1n) is 6.38. The van der Waals surface area contributed by atoms with Crippen LogP contribution in [0.15, 0.2) is 51.7 Å². The molecule has 104 valence electrons. The van der Waals surface area contributed by atoms with Gasteiger partial charge in [-0.3, -0.25) is 4.57 Å². The summed E-state index contributed by atoms with van der Waals surface area (Å²) in [6, 6.07) is 14.4. The highest BCUT2D eigenvalue weighted by atomic mass is 16.5. The van der Waals surface area contributed by atoms with E-state index in [2.05, 4.69) is 6.07 Å². The molecule has 0 saturated heterocycles. The maximum absolute atomic E-state index is 12.0. The van der Waals surface area contributed by atoms with Crippen molar-refractivity contribution in [2.75, 3.05) is 7.11 Å². The smallest absolute Gasteiger partial charge is 0.420 e. The van der Waals surface area contributed by atoms with E-state index in [1.54, 1.807) is 31.4 Å². The molecular formula is C16H12N2O3. The summed E-state index contributed by atoms with van der Waals surface area (Å²) in [6.07, 6.45) is 0. The molecule has 3 rings (SSSR count). The van der Waals surface area contributed by atoms with Crippen LogP contribution in [0.4, 0.5) is 0 Å². The lowest BCUT2D eigenvalue weighted by Crippen LogP contribution is -2.15. The summed E-state index contributed by atoms with van der Waals surface area (Å²) in [5, 5.41) is 9.00. The quantitative estimate of drug-likeness (QED) is 0.739. The van der Waals surface area contributed by atoms with Crippen LogP contribution in [0.25, 0.3) is 11.1 Å². The summed E-state index contributed by atoms with van der Waals surface area (Å²) in [5.41, 5.74) is 2.53. The number of oxazole rings is 1. The highest BCUT2D eigenvalue weighted by molar-refractivity contribution is 5.72. The van der Waals surface area contributed by atoms with Crippen molar-refractivity contribution in [3.63, 3.8) is 0 Å². The molecule has 0 radical (unpaired) electrons. The van der Waals surface area contributed by atoms with E-state index in [4.69, 9.17) is 14.4 Å². The second kappa shape index (κ2) is 5.17. The highest BCUT2D eigenvalue weighted by Gasteiger charge is 2.12. The molecular weight excluding hydrogens is 268 g/mol. The van der Waals surface area contributed by atoms with Crippen molar-refractivity contribution in [2.24, 2.45) is 0 Å². The van der Waals surface area contributed by atoms with E-state index in [1.807, 2.05) is 18.2 Å². The molecule has 0 bridgehead atoms. The van der Waals surface area contributed by atoms with Crippen LogP contribution in [-0.4, -0.2) is 11.7 Å². The van der Waals surface area contributed by atoms with Crippen LogP contribution in [-0.2, 0) is 6.54 Å². The zero-order chi connectivity index (χ0) is 14.8. The van der Waals surface area contributed by atoms with Gasteiger partial charge in [0.1, 0.15) is 5.75 Å². The molecule has 0 saturated carbocycles. The van der Waals surface area contributed by atoms with Crippen molar-refractivity contribution in [1.29, 1.82) is 5.26 Å². The Morgan fingerprint density at radius 3 is 2.86 bits per heavy atom. The Hall–Kier alpha value is -3.00. The molecule has 0 aliphatic rings. The highest BCUT2D eigenvalue weighted by Crippen LogP contribution is 2.22. The largest absolute Gasteiger partial charge is 0.496 e. The molecule has 0 spiro atoms. The summed E-state index contributed by atoms with van der Waals surface area (Å²) in [4.78, 5) is 12.0. The predicted molar refractivity (Wildman–Crippen MR) is 77.3 cm³/mol. The second-order valence-electron chi connectivity index (χ2n) is 4.56. The third-order valence-electron chi connectivity index (χ3n) is 3.31. The number of aromatic nitrogens is 1. The van der Waals surface area contributed by atoms with Gasteiger partial charge in [0.2, 0.25) is 0 Å². The van der Waals surface area contributed by atoms with Crippen molar-refractivity contribution >= 4 is 11.1 Å². The maximum Gasteiger partial charge on any atom is 0.420 e. The number of para-hydroxylation sites is 2. The number of nitrogens with zero attached hydrogens (tertiary/aromatic N) is 2. The van der Waals surface area contributed by atoms with Gasteiger partial charge in [-0.15, -0.1) is 0 Å². The first-order chi connectivity index (χ1) is 10.2. The number of nitriles is 1. The van der Waals surface area contributed by atoms with Crippen LogP contribution in [0.1, 0.15) is 11.1 Å². The van der Waals surface area contributed by atoms with Gasteiger partial charge in [-0.2, -0.15) is 5.26 Å². The van der Waals surface area contributed by atoms with Crippen LogP contribution in [0.5, 0.6) is 5.75 Å². The second-order valence-corrected chi connectivity index (χ2v) is 4.56. The van der Waals surface area contributed by atoms with Crippen molar-refractivity contribution in [3.8, 4) is 11.8 Å². The Bertz CT molecular complexity index is 900. The standard InChI is InChI=1S/C16H12N2O3/c1-20-14-7-6-11(9-17)8-12(14)10-18-13-4-2-3-5-15(13)21-16(18)19/h2-8H,10H2,1H3. The van der Waals surface area contributed by atoms with Crippen LogP contribution in [0.2, 0.25) is 0 Å². The molecule has 0 aliphatic heterocycles. The van der Waals surface area contributed by atoms with Gasteiger partial charge in [-0.1, -0.05) is 12.1 Å². The van der Waals surface area contributed by atoms with E-state index in [-0.39, 0.29) is 6.54 Å². The first-order valence-corrected chi connectivity index (χ1v) is 6.38. The zero-order valence-electron chi connectivity index (χ0n) is 11.4. The molecule has 1 aromatic heterocycles. The number of hydrogen-bond donors (Lipinski definition) is 0. The van der Waals surface area contributed by atoms with Gasteiger partial charge < -0.3 is 9.15 Å². The molecule has 0 N–H and O–H groups in total. The van der Waals surface area contributed by atoms with Gasteiger partial charge in [-0.25, -0.2) is 4.79 Å². The van der Waals surface area contributed by atoms with Crippen molar-refractivity contribution in [1.82, 2.24) is 4.57 Å². The summed E-state index contributed by atoms with van der Waals surface area (Å²) < 4.78 is 12.0. The van der Waals surface area contributed by atoms with E-state index < -0.39 is 5.76 Å². The lowest BCUT2D eigenvalue weighted by atomic mass is 10.1. The van der Waals surface area contributed by atoms with Gasteiger partial charge in [0.05, 0.1) is 30.8 Å². The number of fused-ring (bicyclic) bond motifs is 1. The van der Waals surface area contributed by atoms with Gasteiger partial charge in [0.25, 0.3) is 0 Å². The van der Waals surface area contributed by atoms with Crippen LogP contribution in [0.3, 0.4) is 0 Å². The SMILES string of the molecule is COc1ccc(C#N)cc1Cn1c(=O)oc2ccccc21. The molecule has 21 heavy (non-hydrogen) atoms. The summed E-state index contributed by atoms with van der Waals surface area (Å²) in [7, 11) is 1.56. The molecule has 3 aromatic rings. The third kappa shape index (κ3) is 2.28. The van der Waals surface area contributed by atoms with E-state index >= 15 is 0 Å². The van der Waals surface area contributed by atoms with E-state index in [1.165, 1.54) is 4.57 Å². The molecule has 2 aromatic carbocycles. The van der Waals surface area contributed by atoms with Gasteiger partial charge >= 0.3 is 5.76 Å². The molecule has 0 aliphatic carbocycles. The summed E-state index contributed by atoms with van der Waals surface area (Å²) in [5.74, 6) is 0.201. The lowest BCUT2D eigenvalue weighted by molar-refractivity contribution is 0.407.